The lowest BCUT2D eigenvalue weighted by Gasteiger charge is -2.43. The van der Waals surface area contributed by atoms with Crippen LogP contribution in [0.2, 0.25) is 0 Å². The first-order valence-electron chi connectivity index (χ1n) is 10.3. The summed E-state index contributed by atoms with van der Waals surface area (Å²) in [6.07, 6.45) is 1.08. The first-order chi connectivity index (χ1) is 14.5. The summed E-state index contributed by atoms with van der Waals surface area (Å²) in [5.41, 5.74) is 3.94. The number of nitrogens with zero attached hydrogens (tertiary/aromatic N) is 2. The number of nitrogens with one attached hydrogen (secondary N) is 2. The number of H-pyrrole nitrogens is 2. The molecular formula is C23H24N4O3. The molecule has 0 spiro atoms. The predicted octanol–water partition coefficient (Wildman–Crippen LogP) is 2.03. The largest absolute Gasteiger partial charge is 0.341 e. The van der Waals surface area contributed by atoms with Crippen LogP contribution in [0, 0.1) is 12.8 Å². The van der Waals surface area contributed by atoms with Crippen LogP contribution in [0.4, 0.5) is 0 Å². The Hall–Kier alpha value is -3.35. The minimum Gasteiger partial charge on any atom is -0.341 e. The van der Waals surface area contributed by atoms with E-state index in [1.807, 2.05) is 39.8 Å². The zero-order valence-corrected chi connectivity index (χ0v) is 16.9. The standard InChI is InChI=1S/C23H24N4O3/c1-14-19(23(30)25-24-14)10-21(28)26-11-15-7-18(13-26)20-8-17(9-22(29)27(20)12-15)16-5-3-2-4-6-16/h2-6,8-9,15,18H,7,10-13H2,1H3,(H2,24,25,30)/t15-,18+/m0/s1. The second-order valence-corrected chi connectivity index (χ2v) is 8.44. The van der Waals surface area contributed by atoms with E-state index in [1.54, 1.807) is 13.0 Å². The van der Waals surface area contributed by atoms with Crippen molar-refractivity contribution in [2.75, 3.05) is 13.1 Å². The van der Waals surface area contributed by atoms with Gasteiger partial charge in [-0.15, -0.1) is 0 Å². The second kappa shape index (κ2) is 7.16. The Bertz CT molecular complexity index is 1220. The molecule has 3 aromatic rings. The molecule has 4 heterocycles. The number of hydrogen-bond donors (Lipinski definition) is 2. The van der Waals surface area contributed by atoms with E-state index in [4.69, 9.17) is 0 Å². The number of aromatic amines is 2. The summed E-state index contributed by atoms with van der Waals surface area (Å²) in [5.74, 6) is 0.349. The zero-order valence-electron chi connectivity index (χ0n) is 16.9. The number of hydrogen-bond acceptors (Lipinski definition) is 3. The predicted molar refractivity (Wildman–Crippen MR) is 113 cm³/mol. The van der Waals surface area contributed by atoms with Crippen molar-refractivity contribution in [3.8, 4) is 11.1 Å². The maximum atomic E-state index is 13.0. The third kappa shape index (κ3) is 3.20. The number of pyridine rings is 1. The Morgan fingerprint density at radius 1 is 1.03 bits per heavy atom. The molecule has 7 heteroatoms. The van der Waals surface area contributed by atoms with Gasteiger partial charge in [-0.25, -0.2) is 0 Å². The third-order valence-electron chi connectivity index (χ3n) is 6.43. The molecule has 2 aliphatic heterocycles. The number of aryl methyl sites for hydroxylation is 1. The van der Waals surface area contributed by atoms with Gasteiger partial charge in [0.2, 0.25) is 5.91 Å². The number of aromatic nitrogens is 3. The molecule has 0 unspecified atom stereocenters. The van der Waals surface area contributed by atoms with E-state index in [9.17, 15) is 14.4 Å². The smallest absolute Gasteiger partial charge is 0.267 e. The molecule has 2 N–H and O–H groups in total. The van der Waals surface area contributed by atoms with Crippen molar-refractivity contribution < 1.29 is 4.79 Å². The van der Waals surface area contributed by atoms with Gasteiger partial charge < -0.3 is 14.6 Å². The van der Waals surface area contributed by atoms with Gasteiger partial charge in [-0.1, -0.05) is 30.3 Å². The Labute approximate surface area is 173 Å². The van der Waals surface area contributed by atoms with Crippen LogP contribution >= 0.6 is 0 Å². The molecule has 154 valence electrons. The van der Waals surface area contributed by atoms with Gasteiger partial charge in [-0.2, -0.15) is 0 Å². The minimum atomic E-state index is -0.234. The van der Waals surface area contributed by atoms with Crippen molar-refractivity contribution in [2.45, 2.75) is 32.2 Å². The van der Waals surface area contributed by atoms with Gasteiger partial charge in [-0.3, -0.25) is 19.5 Å². The zero-order chi connectivity index (χ0) is 20.8. The monoisotopic (exact) mass is 404 g/mol. The lowest BCUT2D eigenvalue weighted by atomic mass is 9.82. The summed E-state index contributed by atoms with van der Waals surface area (Å²) in [4.78, 5) is 39.6. The molecule has 2 bridgehead atoms. The molecule has 2 aromatic heterocycles. The van der Waals surface area contributed by atoms with Gasteiger partial charge in [0.15, 0.2) is 0 Å². The molecule has 5 rings (SSSR count). The van der Waals surface area contributed by atoms with E-state index in [2.05, 4.69) is 16.3 Å². The molecule has 0 saturated carbocycles. The van der Waals surface area contributed by atoms with Gasteiger partial charge in [0, 0.05) is 48.6 Å². The highest BCUT2D eigenvalue weighted by atomic mass is 16.2. The number of amides is 1. The lowest BCUT2D eigenvalue weighted by Crippen LogP contribution is -2.49. The van der Waals surface area contributed by atoms with E-state index in [0.717, 1.165) is 23.2 Å². The molecule has 0 aliphatic carbocycles. The van der Waals surface area contributed by atoms with Crippen LogP contribution in [0.3, 0.4) is 0 Å². The molecule has 1 amide bonds. The lowest BCUT2D eigenvalue weighted by molar-refractivity contribution is -0.133. The SMILES string of the molecule is Cc1[nH][nH]c(=O)c1CC(=O)N1C[C@@H]2C[C@H](C1)c1cc(-c3ccccc3)cc(=O)n1C2. The summed E-state index contributed by atoms with van der Waals surface area (Å²) in [6.45, 7) is 3.63. The number of benzene rings is 1. The van der Waals surface area contributed by atoms with Crippen molar-refractivity contribution in [3.05, 3.63) is 80.1 Å². The number of likely N-dealkylation sites (tertiary alicyclic amines) is 1. The third-order valence-corrected chi connectivity index (χ3v) is 6.43. The molecule has 1 aromatic carbocycles. The van der Waals surface area contributed by atoms with Gasteiger partial charge >= 0.3 is 0 Å². The Kier molecular flexibility index (Phi) is 4.46. The second-order valence-electron chi connectivity index (χ2n) is 8.44. The maximum Gasteiger partial charge on any atom is 0.267 e. The molecule has 1 fully saturated rings. The van der Waals surface area contributed by atoms with Crippen LogP contribution in [0.5, 0.6) is 0 Å². The van der Waals surface area contributed by atoms with E-state index in [0.29, 0.717) is 30.9 Å². The van der Waals surface area contributed by atoms with Crippen molar-refractivity contribution in [1.82, 2.24) is 19.7 Å². The highest BCUT2D eigenvalue weighted by Gasteiger charge is 2.36. The summed E-state index contributed by atoms with van der Waals surface area (Å²) in [7, 11) is 0. The average Bonchev–Trinajstić information content (AvgIpc) is 3.07. The first kappa shape index (κ1) is 18.7. The highest BCUT2D eigenvalue weighted by Crippen LogP contribution is 2.36. The van der Waals surface area contributed by atoms with Crippen molar-refractivity contribution >= 4 is 5.91 Å². The number of rotatable bonds is 3. The van der Waals surface area contributed by atoms with Gasteiger partial charge in [0.25, 0.3) is 11.1 Å². The normalized spacial score (nSPS) is 20.1. The molecule has 0 radical (unpaired) electrons. The molecule has 1 saturated heterocycles. The van der Waals surface area contributed by atoms with E-state index < -0.39 is 0 Å². The van der Waals surface area contributed by atoms with E-state index in [-0.39, 0.29) is 35.3 Å². The fourth-order valence-electron chi connectivity index (χ4n) is 4.91. The fourth-order valence-corrected chi connectivity index (χ4v) is 4.91. The van der Waals surface area contributed by atoms with Crippen molar-refractivity contribution in [2.24, 2.45) is 5.92 Å². The van der Waals surface area contributed by atoms with Crippen molar-refractivity contribution in [3.63, 3.8) is 0 Å². The van der Waals surface area contributed by atoms with Crippen LogP contribution in [0.15, 0.2) is 52.1 Å². The van der Waals surface area contributed by atoms with Crippen molar-refractivity contribution in [1.29, 1.82) is 0 Å². The molecule has 7 nitrogen and oxygen atoms in total. The van der Waals surface area contributed by atoms with Gasteiger partial charge in [0.05, 0.1) is 6.42 Å². The van der Waals surface area contributed by atoms with Crippen LogP contribution in [0.1, 0.15) is 29.3 Å². The van der Waals surface area contributed by atoms with Crippen LogP contribution < -0.4 is 11.1 Å². The van der Waals surface area contributed by atoms with Crippen LogP contribution in [-0.2, 0) is 17.8 Å². The summed E-state index contributed by atoms with van der Waals surface area (Å²) in [5, 5.41) is 5.32. The Morgan fingerprint density at radius 2 is 1.83 bits per heavy atom. The topological polar surface area (TPSA) is 91.0 Å². The van der Waals surface area contributed by atoms with Crippen LogP contribution in [0.25, 0.3) is 11.1 Å². The molecule has 2 aliphatic rings. The van der Waals surface area contributed by atoms with E-state index in [1.165, 1.54) is 0 Å². The number of carbonyl (C=O) groups is 1. The Morgan fingerprint density at radius 3 is 2.57 bits per heavy atom. The number of fused-ring (bicyclic) bond motifs is 4. The fraction of sp³-hybridized carbons (Fsp3) is 0.348. The maximum absolute atomic E-state index is 13.0. The van der Waals surface area contributed by atoms with Gasteiger partial charge in [-0.05, 0) is 36.5 Å². The summed E-state index contributed by atoms with van der Waals surface area (Å²) >= 11 is 0. The highest BCUT2D eigenvalue weighted by molar-refractivity contribution is 5.79. The van der Waals surface area contributed by atoms with Gasteiger partial charge in [0.1, 0.15) is 0 Å². The summed E-state index contributed by atoms with van der Waals surface area (Å²) in [6, 6.07) is 13.7. The Balaban J connectivity index is 1.44. The quantitative estimate of drug-likeness (QED) is 0.700. The number of carbonyl (C=O) groups excluding carboxylic acids is 1. The first-order valence-corrected chi connectivity index (χ1v) is 10.3. The molecular weight excluding hydrogens is 380 g/mol. The molecule has 30 heavy (non-hydrogen) atoms. The van der Waals surface area contributed by atoms with Crippen LogP contribution in [-0.4, -0.2) is 38.7 Å². The van der Waals surface area contributed by atoms with E-state index >= 15 is 0 Å². The average molecular weight is 404 g/mol. The summed E-state index contributed by atoms with van der Waals surface area (Å²) < 4.78 is 1.88. The minimum absolute atomic E-state index is 0.0234. The number of piperidine rings is 1. The molecule has 2 atom stereocenters.